The second kappa shape index (κ2) is 8.66. The Morgan fingerprint density at radius 2 is 1.13 bits per heavy atom. The lowest BCUT2D eigenvalue weighted by atomic mass is 9.41. The predicted octanol–water partition coefficient (Wildman–Crippen LogP) is 6.87. The fourth-order valence-electron chi connectivity index (χ4n) is 5.57. The maximum atomic E-state index is 5.21. The number of aromatic nitrogens is 2. The third kappa shape index (κ3) is 3.27. The van der Waals surface area contributed by atoms with Crippen LogP contribution in [-0.2, 0) is 0 Å². The first-order chi connectivity index (χ1) is 18.9. The first kappa shape index (κ1) is 21.8. The van der Waals surface area contributed by atoms with E-state index in [-0.39, 0.29) is 6.71 Å². The average molecular weight is 521 g/mol. The van der Waals surface area contributed by atoms with Crippen LogP contribution >= 0.6 is 22.7 Å². The maximum Gasteiger partial charge on any atom is 0.272 e. The Morgan fingerprint density at radius 3 is 1.76 bits per heavy atom. The molecule has 7 aromatic rings. The lowest BCUT2D eigenvalue weighted by molar-refractivity contribution is 1.14. The predicted molar refractivity (Wildman–Crippen MR) is 164 cm³/mol. The second-order valence-electron chi connectivity index (χ2n) is 9.43. The van der Waals surface area contributed by atoms with Crippen LogP contribution in [0.3, 0.4) is 0 Å². The first-order valence-corrected chi connectivity index (χ1v) is 14.3. The SMILES string of the molecule is c1ccc(B2c3sc4ccccc4c3N(c3cncc(-c4ccccc4)n3)c3c2sc2ccccc32)cc1. The zero-order chi connectivity index (χ0) is 25.1. The molecule has 3 aromatic heterocycles. The number of nitrogens with zero attached hydrogens (tertiary/aromatic N) is 3. The fraction of sp³-hybridized carbons (Fsp3) is 0. The van der Waals surface area contributed by atoms with E-state index in [0.29, 0.717) is 0 Å². The van der Waals surface area contributed by atoms with Gasteiger partial charge in [-0.3, -0.25) is 9.88 Å². The van der Waals surface area contributed by atoms with E-state index in [0.717, 1.165) is 17.1 Å². The monoisotopic (exact) mass is 521 g/mol. The summed E-state index contributed by atoms with van der Waals surface area (Å²) in [6.45, 7) is 0.164. The van der Waals surface area contributed by atoms with Crippen molar-refractivity contribution in [3.63, 3.8) is 0 Å². The molecule has 0 fully saturated rings. The summed E-state index contributed by atoms with van der Waals surface area (Å²) in [7, 11) is 0. The number of anilines is 3. The molecule has 0 N–H and O–H groups in total. The van der Waals surface area contributed by atoms with Crippen molar-refractivity contribution in [2.45, 2.75) is 0 Å². The highest BCUT2D eigenvalue weighted by Gasteiger charge is 2.41. The summed E-state index contributed by atoms with van der Waals surface area (Å²) in [5.41, 5.74) is 5.68. The summed E-state index contributed by atoms with van der Waals surface area (Å²) >= 11 is 3.78. The summed E-state index contributed by atoms with van der Waals surface area (Å²) in [6.07, 6.45) is 3.76. The molecular weight excluding hydrogens is 501 g/mol. The van der Waals surface area contributed by atoms with Crippen LogP contribution in [0.25, 0.3) is 31.4 Å². The molecule has 8 rings (SSSR count). The zero-order valence-electron chi connectivity index (χ0n) is 20.3. The third-order valence-corrected chi connectivity index (χ3v) is 9.67. The molecule has 6 heteroatoms. The van der Waals surface area contributed by atoms with Crippen molar-refractivity contribution in [3.8, 4) is 11.3 Å². The highest BCUT2D eigenvalue weighted by Crippen LogP contribution is 2.46. The van der Waals surface area contributed by atoms with E-state index in [2.05, 4.69) is 95.9 Å². The summed E-state index contributed by atoms with van der Waals surface area (Å²) in [5, 5.41) is 2.50. The van der Waals surface area contributed by atoms with Crippen LogP contribution in [0.4, 0.5) is 17.2 Å². The van der Waals surface area contributed by atoms with Crippen molar-refractivity contribution >= 4 is 81.8 Å². The quantitative estimate of drug-likeness (QED) is 0.238. The van der Waals surface area contributed by atoms with Crippen LogP contribution in [0, 0.1) is 0 Å². The molecule has 4 aromatic carbocycles. The van der Waals surface area contributed by atoms with Crippen molar-refractivity contribution in [2.75, 3.05) is 4.90 Å². The van der Waals surface area contributed by atoms with Crippen LogP contribution in [0.2, 0.25) is 0 Å². The lowest BCUT2D eigenvalue weighted by Crippen LogP contribution is -2.54. The van der Waals surface area contributed by atoms with Gasteiger partial charge in [-0.25, -0.2) is 4.98 Å². The lowest BCUT2D eigenvalue weighted by Gasteiger charge is -2.32. The minimum absolute atomic E-state index is 0.164. The van der Waals surface area contributed by atoms with Crippen molar-refractivity contribution in [1.82, 2.24) is 9.97 Å². The van der Waals surface area contributed by atoms with E-state index in [4.69, 9.17) is 9.97 Å². The largest absolute Gasteiger partial charge is 0.292 e. The molecule has 178 valence electrons. The summed E-state index contributed by atoms with van der Waals surface area (Å²) < 4.78 is 5.27. The number of rotatable bonds is 3. The fourth-order valence-corrected chi connectivity index (χ4v) is 8.30. The zero-order valence-corrected chi connectivity index (χ0v) is 21.9. The van der Waals surface area contributed by atoms with Crippen LogP contribution in [-0.4, -0.2) is 16.7 Å². The van der Waals surface area contributed by atoms with Gasteiger partial charge in [0.2, 0.25) is 0 Å². The van der Waals surface area contributed by atoms with Gasteiger partial charge in [-0.2, -0.15) is 0 Å². The molecule has 0 aliphatic carbocycles. The Morgan fingerprint density at radius 1 is 0.579 bits per heavy atom. The highest BCUT2D eigenvalue weighted by atomic mass is 32.1. The van der Waals surface area contributed by atoms with Crippen molar-refractivity contribution in [1.29, 1.82) is 0 Å². The standard InChI is InChI=1S/C32H20BN3S2/c1-3-11-21(12-4-1)25-19-34-20-28(35-25)36-29-23-15-7-9-17-26(23)37-31(29)33(22-13-5-2-6-14-22)32-30(36)24-16-8-10-18-27(24)38-32/h1-20H. The van der Waals surface area contributed by atoms with Gasteiger partial charge in [-0.05, 0) is 12.1 Å². The third-order valence-electron chi connectivity index (χ3n) is 7.22. The van der Waals surface area contributed by atoms with Gasteiger partial charge in [-0.15, -0.1) is 22.7 Å². The molecule has 0 unspecified atom stereocenters. The number of thiophene rings is 2. The first-order valence-electron chi connectivity index (χ1n) is 12.6. The summed E-state index contributed by atoms with van der Waals surface area (Å²) in [4.78, 5) is 12.3. The number of fused-ring (bicyclic) bond motifs is 6. The highest BCUT2D eigenvalue weighted by molar-refractivity contribution is 7.40. The molecule has 1 aliphatic rings. The van der Waals surface area contributed by atoms with Crippen molar-refractivity contribution < 1.29 is 0 Å². The molecule has 0 spiro atoms. The van der Waals surface area contributed by atoms with Crippen LogP contribution in [0.1, 0.15) is 0 Å². The Bertz CT molecular complexity index is 1860. The molecule has 0 saturated heterocycles. The normalized spacial score (nSPS) is 12.6. The number of hydrogen-bond donors (Lipinski definition) is 0. The van der Waals surface area contributed by atoms with Gasteiger partial charge in [0, 0.05) is 35.3 Å². The topological polar surface area (TPSA) is 29.0 Å². The van der Waals surface area contributed by atoms with Gasteiger partial charge < -0.3 is 0 Å². The molecule has 1 aliphatic heterocycles. The van der Waals surface area contributed by atoms with Gasteiger partial charge in [0.15, 0.2) is 5.82 Å². The van der Waals surface area contributed by atoms with Crippen molar-refractivity contribution in [2.24, 2.45) is 0 Å². The van der Waals surface area contributed by atoms with E-state index >= 15 is 0 Å². The molecule has 38 heavy (non-hydrogen) atoms. The minimum atomic E-state index is 0.164. The Kier molecular flexibility index (Phi) is 4.96. The number of benzene rings is 4. The van der Waals surface area contributed by atoms with Gasteiger partial charge >= 0.3 is 0 Å². The molecular formula is C32H20BN3S2. The van der Waals surface area contributed by atoms with Crippen LogP contribution < -0.4 is 19.9 Å². The number of hydrogen-bond acceptors (Lipinski definition) is 5. The van der Waals surface area contributed by atoms with Crippen LogP contribution in [0.5, 0.6) is 0 Å². The molecule has 0 saturated carbocycles. The Labute approximate surface area is 228 Å². The molecule has 0 bridgehead atoms. The minimum Gasteiger partial charge on any atom is -0.292 e. The smallest absolute Gasteiger partial charge is 0.272 e. The molecule has 0 radical (unpaired) electrons. The van der Waals surface area contributed by atoms with E-state index in [1.807, 2.05) is 53.3 Å². The van der Waals surface area contributed by atoms with Gasteiger partial charge in [0.1, 0.15) is 0 Å². The van der Waals surface area contributed by atoms with E-state index in [1.165, 1.54) is 46.6 Å². The van der Waals surface area contributed by atoms with Gasteiger partial charge in [0.05, 0.1) is 29.5 Å². The van der Waals surface area contributed by atoms with E-state index < -0.39 is 0 Å². The molecule has 0 atom stereocenters. The van der Waals surface area contributed by atoms with E-state index in [9.17, 15) is 0 Å². The average Bonchev–Trinajstić information content (AvgIpc) is 3.56. The second-order valence-corrected chi connectivity index (χ2v) is 11.6. The summed E-state index contributed by atoms with van der Waals surface area (Å²) in [5.74, 6) is 0.840. The molecule has 4 heterocycles. The Balaban J connectivity index is 1.47. The van der Waals surface area contributed by atoms with Crippen molar-refractivity contribution in [3.05, 3.63) is 122 Å². The molecule has 3 nitrogen and oxygen atoms in total. The Hall–Kier alpha value is -4.26. The van der Waals surface area contributed by atoms with Crippen LogP contribution in [0.15, 0.2) is 122 Å². The maximum absolute atomic E-state index is 5.21. The van der Waals surface area contributed by atoms with Gasteiger partial charge in [-0.1, -0.05) is 103 Å². The molecule has 0 amide bonds. The van der Waals surface area contributed by atoms with Gasteiger partial charge in [0.25, 0.3) is 6.71 Å². The summed E-state index contributed by atoms with van der Waals surface area (Å²) in [6, 6.07) is 38.7. The van der Waals surface area contributed by atoms with E-state index in [1.54, 1.807) is 0 Å².